The van der Waals surface area contributed by atoms with Crippen LogP contribution in [0.15, 0.2) is 11.6 Å². The minimum atomic E-state index is -3.03. The van der Waals surface area contributed by atoms with Crippen LogP contribution in [-0.4, -0.2) is 24.4 Å². The second-order valence-corrected chi connectivity index (χ2v) is 5.23. The molecule has 0 aromatic heterocycles. The van der Waals surface area contributed by atoms with Gasteiger partial charge in [-0.3, -0.25) is 4.31 Å². The van der Waals surface area contributed by atoms with E-state index in [-0.39, 0.29) is 5.37 Å². The molecule has 0 N–H and O–H groups in total. The third kappa shape index (κ3) is 1.46. The number of thioether (sulfide) groups is 1. The molecule has 1 aliphatic rings. The van der Waals surface area contributed by atoms with Crippen LogP contribution in [0.4, 0.5) is 0 Å². The highest BCUT2D eigenvalue weighted by Gasteiger charge is 2.22. The van der Waals surface area contributed by atoms with Gasteiger partial charge in [-0.15, -0.1) is 11.8 Å². The fourth-order valence-electron chi connectivity index (χ4n) is 0.770. The van der Waals surface area contributed by atoms with E-state index in [4.69, 9.17) is 0 Å². The first-order valence-electron chi connectivity index (χ1n) is 2.82. The highest BCUT2D eigenvalue weighted by molar-refractivity contribution is 8.03. The zero-order valence-corrected chi connectivity index (χ0v) is 7.45. The Morgan fingerprint density at radius 3 is 2.40 bits per heavy atom. The summed E-state index contributed by atoms with van der Waals surface area (Å²) < 4.78 is 23.2. The average Bonchev–Trinajstić information content (AvgIpc) is 2.11. The van der Waals surface area contributed by atoms with Crippen LogP contribution in [-0.2, 0) is 10.0 Å². The molecule has 1 rings (SSSR count). The normalized spacial score (nSPS) is 25.8. The molecule has 0 fully saturated rings. The van der Waals surface area contributed by atoms with Gasteiger partial charge in [-0.2, -0.15) is 0 Å². The fourth-order valence-corrected chi connectivity index (χ4v) is 2.91. The van der Waals surface area contributed by atoms with E-state index < -0.39 is 10.0 Å². The standard InChI is InChI=1S/C5H9NO2S2/c1-5-6(3-4-9-5)10(2,7)8/h3-5H,1-2H3. The predicted octanol–water partition coefficient (Wildman–Crippen LogP) is 0.812. The lowest BCUT2D eigenvalue weighted by atomic mass is 10.7. The summed E-state index contributed by atoms with van der Waals surface area (Å²) in [6.07, 6.45) is 2.80. The fraction of sp³-hybridized carbons (Fsp3) is 0.600. The number of nitrogens with zero attached hydrogens (tertiary/aromatic N) is 1. The van der Waals surface area contributed by atoms with Crippen molar-refractivity contribution >= 4 is 21.8 Å². The average molecular weight is 179 g/mol. The summed E-state index contributed by atoms with van der Waals surface area (Å²) in [7, 11) is -3.03. The summed E-state index contributed by atoms with van der Waals surface area (Å²) in [6.45, 7) is 1.85. The Morgan fingerprint density at radius 1 is 1.60 bits per heavy atom. The third-order valence-electron chi connectivity index (χ3n) is 1.22. The lowest BCUT2D eigenvalue weighted by Gasteiger charge is -2.17. The molecule has 0 saturated carbocycles. The van der Waals surface area contributed by atoms with E-state index in [2.05, 4.69) is 0 Å². The Balaban J connectivity index is 2.84. The Hall–Kier alpha value is -0.160. The number of sulfonamides is 1. The van der Waals surface area contributed by atoms with Crippen LogP contribution in [0.3, 0.4) is 0 Å². The van der Waals surface area contributed by atoms with Crippen molar-refractivity contribution in [3.05, 3.63) is 11.6 Å². The molecule has 0 spiro atoms. The maximum Gasteiger partial charge on any atom is 0.232 e. The summed E-state index contributed by atoms with van der Waals surface area (Å²) in [5.41, 5.74) is 0. The minimum absolute atomic E-state index is 0.0231. The Bertz CT molecular complexity index is 244. The van der Waals surface area contributed by atoms with Crippen LogP contribution < -0.4 is 0 Å². The van der Waals surface area contributed by atoms with Crippen LogP contribution in [0.5, 0.6) is 0 Å². The van der Waals surface area contributed by atoms with Crippen LogP contribution in [0, 0.1) is 0 Å². The highest BCUT2D eigenvalue weighted by Crippen LogP contribution is 2.26. The molecule has 0 amide bonds. The quantitative estimate of drug-likeness (QED) is 0.598. The van der Waals surface area contributed by atoms with Gasteiger partial charge in [0.2, 0.25) is 10.0 Å². The van der Waals surface area contributed by atoms with E-state index >= 15 is 0 Å². The maximum atomic E-state index is 10.9. The molecule has 0 bridgehead atoms. The van der Waals surface area contributed by atoms with Crippen molar-refractivity contribution in [2.45, 2.75) is 12.3 Å². The monoisotopic (exact) mass is 179 g/mol. The van der Waals surface area contributed by atoms with Gasteiger partial charge < -0.3 is 0 Å². The van der Waals surface area contributed by atoms with Crippen LogP contribution in [0.2, 0.25) is 0 Å². The number of hydrogen-bond acceptors (Lipinski definition) is 3. The molecule has 1 atom stereocenters. The Kier molecular flexibility index (Phi) is 1.96. The molecule has 58 valence electrons. The first-order chi connectivity index (χ1) is 4.52. The van der Waals surface area contributed by atoms with Gasteiger partial charge in [-0.1, -0.05) is 0 Å². The molecule has 0 aromatic carbocycles. The zero-order chi connectivity index (χ0) is 7.78. The van der Waals surface area contributed by atoms with Crippen LogP contribution in [0.25, 0.3) is 0 Å². The summed E-state index contributed by atoms with van der Waals surface area (Å²) in [5.74, 6) is 0. The van der Waals surface area contributed by atoms with E-state index in [1.165, 1.54) is 22.3 Å². The molecule has 1 unspecified atom stereocenters. The second kappa shape index (κ2) is 2.47. The topological polar surface area (TPSA) is 37.4 Å². The van der Waals surface area contributed by atoms with Crippen molar-refractivity contribution < 1.29 is 8.42 Å². The molecule has 0 aromatic rings. The van der Waals surface area contributed by atoms with Crippen LogP contribution in [0.1, 0.15) is 6.92 Å². The van der Waals surface area contributed by atoms with Crippen molar-refractivity contribution in [2.24, 2.45) is 0 Å². The number of rotatable bonds is 1. The molecule has 0 radical (unpaired) electrons. The van der Waals surface area contributed by atoms with Gasteiger partial charge >= 0.3 is 0 Å². The van der Waals surface area contributed by atoms with Crippen molar-refractivity contribution in [2.75, 3.05) is 6.26 Å². The van der Waals surface area contributed by atoms with Crippen molar-refractivity contribution in [1.29, 1.82) is 0 Å². The zero-order valence-electron chi connectivity index (χ0n) is 5.81. The Morgan fingerprint density at radius 2 is 2.20 bits per heavy atom. The van der Waals surface area contributed by atoms with E-state index in [1.54, 1.807) is 11.6 Å². The Labute approximate surface area is 65.1 Å². The highest BCUT2D eigenvalue weighted by atomic mass is 32.2. The minimum Gasteiger partial charge on any atom is -0.264 e. The second-order valence-electron chi connectivity index (χ2n) is 2.11. The molecule has 3 nitrogen and oxygen atoms in total. The van der Waals surface area contributed by atoms with Gasteiger partial charge in [0.1, 0.15) is 0 Å². The summed E-state index contributed by atoms with van der Waals surface area (Å²) in [6, 6.07) is 0. The van der Waals surface area contributed by atoms with E-state index in [0.29, 0.717) is 0 Å². The lowest BCUT2D eigenvalue weighted by Crippen LogP contribution is -2.27. The first kappa shape index (κ1) is 7.94. The first-order valence-corrected chi connectivity index (χ1v) is 5.61. The maximum absolute atomic E-state index is 10.9. The predicted molar refractivity (Wildman–Crippen MR) is 42.9 cm³/mol. The molecule has 1 aliphatic heterocycles. The van der Waals surface area contributed by atoms with Crippen molar-refractivity contribution in [3.63, 3.8) is 0 Å². The smallest absolute Gasteiger partial charge is 0.232 e. The molecule has 0 aliphatic carbocycles. The van der Waals surface area contributed by atoms with Crippen LogP contribution >= 0.6 is 11.8 Å². The van der Waals surface area contributed by atoms with Gasteiger partial charge in [0.15, 0.2) is 0 Å². The van der Waals surface area contributed by atoms with Gasteiger partial charge in [0, 0.05) is 6.20 Å². The SMILES string of the molecule is CC1SC=CN1S(C)(=O)=O. The van der Waals surface area contributed by atoms with Gasteiger partial charge in [0.25, 0.3) is 0 Å². The summed E-state index contributed by atoms with van der Waals surface area (Å²) in [5, 5.41) is 1.81. The van der Waals surface area contributed by atoms with E-state index in [1.807, 2.05) is 6.92 Å². The molecular weight excluding hydrogens is 170 g/mol. The van der Waals surface area contributed by atoms with E-state index in [9.17, 15) is 8.42 Å². The molecule has 1 heterocycles. The largest absolute Gasteiger partial charge is 0.264 e. The lowest BCUT2D eigenvalue weighted by molar-refractivity contribution is 0.506. The van der Waals surface area contributed by atoms with Gasteiger partial charge in [-0.05, 0) is 12.3 Å². The van der Waals surface area contributed by atoms with Gasteiger partial charge in [-0.25, -0.2) is 8.42 Å². The molecule has 10 heavy (non-hydrogen) atoms. The summed E-state index contributed by atoms with van der Waals surface area (Å²) >= 11 is 1.50. The van der Waals surface area contributed by atoms with Crippen molar-refractivity contribution in [1.82, 2.24) is 4.31 Å². The van der Waals surface area contributed by atoms with Gasteiger partial charge in [0.05, 0.1) is 11.6 Å². The molecular formula is C5H9NO2S2. The van der Waals surface area contributed by atoms with Crippen molar-refractivity contribution in [3.8, 4) is 0 Å². The molecule has 0 saturated heterocycles. The molecule has 5 heteroatoms. The summed E-state index contributed by atoms with van der Waals surface area (Å²) in [4.78, 5) is 0. The number of hydrogen-bond donors (Lipinski definition) is 0. The third-order valence-corrected chi connectivity index (χ3v) is 3.46. The van der Waals surface area contributed by atoms with E-state index in [0.717, 1.165) is 0 Å².